The molecular weight excluding hydrogens is 254 g/mol. The number of rotatable bonds is 7. The van der Waals surface area contributed by atoms with Gasteiger partial charge in [0.05, 0.1) is 16.9 Å². The SMILES string of the molecule is CCn1cc(C(=O)NCC(O)(CC)CC)c(C(C)C)n1. The molecule has 0 aliphatic heterocycles. The predicted octanol–water partition coefficient (Wildman–Crippen LogP) is 2.31. The van der Waals surface area contributed by atoms with Gasteiger partial charge in [0.25, 0.3) is 5.91 Å². The van der Waals surface area contributed by atoms with Gasteiger partial charge in [-0.15, -0.1) is 0 Å². The van der Waals surface area contributed by atoms with Crippen LogP contribution in [0.4, 0.5) is 0 Å². The minimum Gasteiger partial charge on any atom is -0.388 e. The van der Waals surface area contributed by atoms with Gasteiger partial charge in [-0.25, -0.2) is 0 Å². The van der Waals surface area contributed by atoms with Gasteiger partial charge in [0.15, 0.2) is 0 Å². The molecular formula is C15H27N3O2. The number of nitrogens with zero attached hydrogens (tertiary/aromatic N) is 2. The van der Waals surface area contributed by atoms with Gasteiger partial charge in [-0.05, 0) is 25.7 Å². The first kappa shape index (κ1) is 16.7. The van der Waals surface area contributed by atoms with Crippen molar-refractivity contribution in [2.75, 3.05) is 6.54 Å². The summed E-state index contributed by atoms with van der Waals surface area (Å²) in [5, 5.41) is 17.5. The van der Waals surface area contributed by atoms with Gasteiger partial charge in [0, 0.05) is 19.3 Å². The zero-order chi connectivity index (χ0) is 15.3. The van der Waals surface area contributed by atoms with Crippen LogP contribution in [-0.4, -0.2) is 32.9 Å². The predicted molar refractivity (Wildman–Crippen MR) is 79.9 cm³/mol. The first-order valence-electron chi connectivity index (χ1n) is 7.44. The lowest BCUT2D eigenvalue weighted by Crippen LogP contribution is -2.42. The quantitative estimate of drug-likeness (QED) is 0.806. The average molecular weight is 281 g/mol. The number of aromatic nitrogens is 2. The highest BCUT2D eigenvalue weighted by molar-refractivity contribution is 5.95. The van der Waals surface area contributed by atoms with E-state index in [1.165, 1.54) is 0 Å². The van der Waals surface area contributed by atoms with Crippen molar-refractivity contribution in [2.45, 2.75) is 65.5 Å². The van der Waals surface area contributed by atoms with Crippen LogP contribution in [-0.2, 0) is 6.54 Å². The van der Waals surface area contributed by atoms with Crippen LogP contribution >= 0.6 is 0 Å². The summed E-state index contributed by atoms with van der Waals surface area (Å²) in [6.07, 6.45) is 3.02. The van der Waals surface area contributed by atoms with Crippen molar-refractivity contribution in [2.24, 2.45) is 0 Å². The zero-order valence-corrected chi connectivity index (χ0v) is 13.2. The van der Waals surface area contributed by atoms with Crippen molar-refractivity contribution < 1.29 is 9.90 Å². The van der Waals surface area contributed by atoms with E-state index in [0.717, 1.165) is 12.2 Å². The fraction of sp³-hybridized carbons (Fsp3) is 0.733. The Kier molecular flexibility index (Phi) is 5.74. The molecule has 1 rings (SSSR count). The molecule has 0 aromatic carbocycles. The van der Waals surface area contributed by atoms with Crippen LogP contribution in [0.3, 0.4) is 0 Å². The van der Waals surface area contributed by atoms with Crippen molar-refractivity contribution in [3.05, 3.63) is 17.5 Å². The minimum atomic E-state index is -0.825. The van der Waals surface area contributed by atoms with Crippen LogP contribution in [0.2, 0.25) is 0 Å². The van der Waals surface area contributed by atoms with Crippen LogP contribution in [0.25, 0.3) is 0 Å². The number of aryl methyl sites for hydroxylation is 1. The second kappa shape index (κ2) is 6.88. The maximum absolute atomic E-state index is 12.3. The van der Waals surface area contributed by atoms with E-state index in [1.54, 1.807) is 10.9 Å². The molecule has 114 valence electrons. The van der Waals surface area contributed by atoms with Gasteiger partial charge in [0.2, 0.25) is 0 Å². The normalized spacial score (nSPS) is 11.9. The Morgan fingerprint density at radius 2 is 2.00 bits per heavy atom. The Bertz CT molecular complexity index is 448. The molecule has 1 aromatic rings. The van der Waals surface area contributed by atoms with E-state index < -0.39 is 5.60 Å². The minimum absolute atomic E-state index is 0.159. The highest BCUT2D eigenvalue weighted by atomic mass is 16.3. The Balaban J connectivity index is 2.84. The molecule has 5 heteroatoms. The molecule has 1 amide bonds. The first-order chi connectivity index (χ1) is 9.36. The van der Waals surface area contributed by atoms with Crippen molar-refractivity contribution >= 4 is 5.91 Å². The Hall–Kier alpha value is -1.36. The smallest absolute Gasteiger partial charge is 0.254 e. The monoisotopic (exact) mass is 281 g/mol. The van der Waals surface area contributed by atoms with Crippen LogP contribution in [0.1, 0.15) is 69.4 Å². The molecule has 0 fully saturated rings. The molecule has 0 radical (unpaired) electrons. The van der Waals surface area contributed by atoms with Gasteiger partial charge in [-0.1, -0.05) is 27.7 Å². The lowest BCUT2D eigenvalue weighted by molar-refractivity contribution is 0.0314. The molecule has 0 saturated carbocycles. The van der Waals surface area contributed by atoms with Crippen LogP contribution in [0.5, 0.6) is 0 Å². The summed E-state index contributed by atoms with van der Waals surface area (Å²) in [5.41, 5.74) is 0.589. The van der Waals surface area contributed by atoms with E-state index in [-0.39, 0.29) is 18.4 Å². The number of hydrogen-bond donors (Lipinski definition) is 2. The van der Waals surface area contributed by atoms with Gasteiger partial charge < -0.3 is 10.4 Å². The standard InChI is InChI=1S/C15H27N3O2/c1-6-15(20,7-2)10-16-14(19)12-9-18(8-3)17-13(12)11(4)5/h9,11,20H,6-8,10H2,1-5H3,(H,16,19). The van der Waals surface area contributed by atoms with Gasteiger partial charge in [-0.3, -0.25) is 9.48 Å². The summed E-state index contributed by atoms with van der Waals surface area (Å²) >= 11 is 0. The van der Waals surface area contributed by atoms with E-state index in [2.05, 4.69) is 10.4 Å². The number of aliphatic hydroxyl groups is 1. The Labute approximate surface area is 121 Å². The molecule has 0 saturated heterocycles. The molecule has 1 aromatic heterocycles. The van der Waals surface area contributed by atoms with E-state index in [1.807, 2.05) is 34.6 Å². The van der Waals surface area contributed by atoms with Crippen LogP contribution in [0.15, 0.2) is 6.20 Å². The van der Waals surface area contributed by atoms with Crippen molar-refractivity contribution in [3.63, 3.8) is 0 Å². The second-order valence-corrected chi connectivity index (χ2v) is 5.55. The number of carbonyl (C=O) groups is 1. The summed E-state index contributed by atoms with van der Waals surface area (Å²) in [4.78, 5) is 12.3. The average Bonchev–Trinajstić information content (AvgIpc) is 2.89. The van der Waals surface area contributed by atoms with Gasteiger partial charge in [0.1, 0.15) is 0 Å². The lowest BCUT2D eigenvalue weighted by atomic mass is 9.97. The lowest BCUT2D eigenvalue weighted by Gasteiger charge is -2.25. The topological polar surface area (TPSA) is 67.2 Å². The first-order valence-corrected chi connectivity index (χ1v) is 7.44. The van der Waals surface area contributed by atoms with E-state index in [0.29, 0.717) is 18.4 Å². The zero-order valence-electron chi connectivity index (χ0n) is 13.2. The van der Waals surface area contributed by atoms with Crippen LogP contribution < -0.4 is 5.32 Å². The summed E-state index contributed by atoms with van der Waals surface area (Å²) < 4.78 is 1.77. The Morgan fingerprint density at radius 3 is 2.45 bits per heavy atom. The summed E-state index contributed by atoms with van der Waals surface area (Å²) in [5.74, 6) is 0.0357. The summed E-state index contributed by atoms with van der Waals surface area (Å²) in [6.45, 7) is 10.9. The van der Waals surface area contributed by atoms with Crippen molar-refractivity contribution in [1.82, 2.24) is 15.1 Å². The van der Waals surface area contributed by atoms with Gasteiger partial charge in [-0.2, -0.15) is 5.10 Å². The summed E-state index contributed by atoms with van der Waals surface area (Å²) in [6, 6.07) is 0. The third-order valence-corrected chi connectivity index (χ3v) is 3.80. The maximum atomic E-state index is 12.3. The molecule has 0 bridgehead atoms. The largest absolute Gasteiger partial charge is 0.388 e. The van der Waals surface area contributed by atoms with Crippen molar-refractivity contribution in [3.8, 4) is 0 Å². The molecule has 20 heavy (non-hydrogen) atoms. The number of hydrogen-bond acceptors (Lipinski definition) is 3. The maximum Gasteiger partial charge on any atom is 0.254 e. The highest BCUT2D eigenvalue weighted by Crippen LogP contribution is 2.18. The molecule has 2 N–H and O–H groups in total. The molecule has 0 atom stereocenters. The molecule has 1 heterocycles. The van der Waals surface area contributed by atoms with Gasteiger partial charge >= 0.3 is 0 Å². The molecule has 5 nitrogen and oxygen atoms in total. The Morgan fingerprint density at radius 1 is 1.40 bits per heavy atom. The van der Waals surface area contributed by atoms with E-state index in [4.69, 9.17) is 0 Å². The fourth-order valence-electron chi connectivity index (χ4n) is 2.04. The summed E-state index contributed by atoms with van der Waals surface area (Å²) in [7, 11) is 0. The van der Waals surface area contributed by atoms with Crippen LogP contribution in [0, 0.1) is 0 Å². The number of amides is 1. The third kappa shape index (κ3) is 3.82. The molecule has 0 spiro atoms. The van der Waals surface area contributed by atoms with Crippen molar-refractivity contribution in [1.29, 1.82) is 0 Å². The molecule has 0 aliphatic rings. The second-order valence-electron chi connectivity index (χ2n) is 5.55. The van der Waals surface area contributed by atoms with E-state index in [9.17, 15) is 9.90 Å². The molecule has 0 unspecified atom stereocenters. The number of carbonyl (C=O) groups excluding carboxylic acids is 1. The fourth-order valence-corrected chi connectivity index (χ4v) is 2.04. The highest BCUT2D eigenvalue weighted by Gasteiger charge is 2.25. The number of nitrogens with one attached hydrogen (secondary N) is 1. The third-order valence-electron chi connectivity index (χ3n) is 3.80. The molecule has 0 aliphatic carbocycles. The van der Waals surface area contributed by atoms with E-state index >= 15 is 0 Å².